The van der Waals surface area contributed by atoms with E-state index in [1.54, 1.807) is 6.92 Å². The van der Waals surface area contributed by atoms with Crippen LogP contribution in [0, 0.1) is 0 Å². The van der Waals surface area contributed by atoms with E-state index < -0.39 is 47.2 Å². The van der Waals surface area contributed by atoms with Crippen LogP contribution >= 0.6 is 0 Å². The molecular formula is C11H14F3N3O4S2. The molecule has 0 aromatic heterocycles. The number of nitrogens with two attached hydrogens (primary N) is 1. The van der Waals surface area contributed by atoms with Gasteiger partial charge in [0.05, 0.1) is 21.8 Å². The Morgan fingerprint density at radius 2 is 1.87 bits per heavy atom. The van der Waals surface area contributed by atoms with Gasteiger partial charge in [0.15, 0.2) is 0 Å². The zero-order chi connectivity index (χ0) is 17.8. The maximum absolute atomic E-state index is 13.1. The third-order valence-corrected chi connectivity index (χ3v) is 6.05. The molecule has 1 aliphatic heterocycles. The highest BCUT2D eigenvalue weighted by molar-refractivity contribution is 7.90. The molecule has 0 saturated carbocycles. The molecule has 12 heteroatoms. The smallest absolute Gasteiger partial charge is 0.366 e. The lowest BCUT2D eigenvalue weighted by Crippen LogP contribution is -2.54. The second-order valence-corrected chi connectivity index (χ2v) is 8.48. The summed E-state index contributed by atoms with van der Waals surface area (Å²) in [7, 11) is -8.98. The third-order valence-electron chi connectivity index (χ3n) is 3.46. The number of primary sulfonamides is 1. The number of fused-ring (bicyclic) bond motifs is 1. The number of rotatable bonds is 2. The number of sulfonamides is 2. The first-order chi connectivity index (χ1) is 10.2. The Labute approximate surface area is 131 Å². The van der Waals surface area contributed by atoms with E-state index in [0.717, 1.165) is 0 Å². The summed E-state index contributed by atoms with van der Waals surface area (Å²) in [6.07, 6.45) is -4.78. The molecule has 1 aliphatic rings. The second kappa shape index (κ2) is 5.06. The van der Waals surface area contributed by atoms with E-state index in [1.807, 2.05) is 0 Å². The van der Waals surface area contributed by atoms with E-state index in [2.05, 4.69) is 10.0 Å². The summed E-state index contributed by atoms with van der Waals surface area (Å²) in [4.78, 5) is -1.91. The van der Waals surface area contributed by atoms with Crippen molar-refractivity contribution in [2.24, 2.45) is 5.14 Å². The van der Waals surface area contributed by atoms with Crippen LogP contribution in [-0.4, -0.2) is 22.5 Å². The molecule has 0 aliphatic carbocycles. The number of anilines is 1. The molecule has 0 amide bonds. The van der Waals surface area contributed by atoms with Gasteiger partial charge in [-0.05, 0) is 25.5 Å². The van der Waals surface area contributed by atoms with Crippen LogP contribution in [0.3, 0.4) is 0 Å². The molecule has 1 atom stereocenters. The van der Waals surface area contributed by atoms with Crippen molar-refractivity contribution in [3.05, 3.63) is 17.7 Å². The van der Waals surface area contributed by atoms with Crippen molar-refractivity contribution in [1.82, 2.24) is 4.72 Å². The highest BCUT2D eigenvalue weighted by Crippen LogP contribution is 2.40. The van der Waals surface area contributed by atoms with Crippen molar-refractivity contribution < 1.29 is 30.0 Å². The molecule has 0 radical (unpaired) electrons. The van der Waals surface area contributed by atoms with Crippen LogP contribution < -0.4 is 15.2 Å². The molecule has 0 fully saturated rings. The Kier molecular flexibility index (Phi) is 3.96. The first-order valence-electron chi connectivity index (χ1n) is 6.30. The van der Waals surface area contributed by atoms with Crippen LogP contribution in [0.25, 0.3) is 0 Å². The van der Waals surface area contributed by atoms with Crippen LogP contribution in [0.4, 0.5) is 18.9 Å². The van der Waals surface area contributed by atoms with Gasteiger partial charge in [-0.15, -0.1) is 0 Å². The summed E-state index contributed by atoms with van der Waals surface area (Å²) in [6, 6.07) is 0.861. The monoisotopic (exact) mass is 373 g/mol. The van der Waals surface area contributed by atoms with E-state index in [9.17, 15) is 30.0 Å². The van der Waals surface area contributed by atoms with E-state index >= 15 is 0 Å². The van der Waals surface area contributed by atoms with Gasteiger partial charge in [-0.25, -0.2) is 22.0 Å². The first kappa shape index (κ1) is 18.0. The van der Waals surface area contributed by atoms with E-state index in [-0.39, 0.29) is 12.1 Å². The molecular weight excluding hydrogens is 359 g/mol. The Morgan fingerprint density at radius 3 is 2.30 bits per heavy atom. The van der Waals surface area contributed by atoms with Crippen molar-refractivity contribution in [3.63, 3.8) is 0 Å². The summed E-state index contributed by atoms with van der Waals surface area (Å²) in [5.74, 6) is 0. The average Bonchev–Trinajstić information content (AvgIpc) is 2.34. The Bertz CT molecular complexity index is 865. The van der Waals surface area contributed by atoms with Gasteiger partial charge in [-0.2, -0.15) is 17.9 Å². The molecule has 0 spiro atoms. The standard InChI is InChI=1S/C11H14F3N3O4S2/c1-3-10(2)16-7-4-6(11(12,13)14)8(22(15,18)19)5-9(7)23(20,21)17-10/h4-5,16-17H,3H2,1-2H3,(H2,15,18,19). The summed E-state index contributed by atoms with van der Waals surface area (Å²) in [5.41, 5.74) is -3.06. The van der Waals surface area contributed by atoms with Crippen LogP contribution in [0.1, 0.15) is 25.8 Å². The third kappa shape index (κ3) is 3.29. The number of hydrogen-bond donors (Lipinski definition) is 3. The van der Waals surface area contributed by atoms with Gasteiger partial charge < -0.3 is 5.32 Å². The second-order valence-electron chi connectivity index (χ2n) is 5.30. The molecule has 0 bridgehead atoms. The van der Waals surface area contributed by atoms with Crippen molar-refractivity contribution in [2.45, 2.75) is 41.9 Å². The van der Waals surface area contributed by atoms with Gasteiger partial charge in [0.2, 0.25) is 20.0 Å². The fraction of sp³-hybridized carbons (Fsp3) is 0.455. The maximum atomic E-state index is 13.1. The summed E-state index contributed by atoms with van der Waals surface area (Å²) >= 11 is 0. The van der Waals surface area contributed by atoms with Crippen molar-refractivity contribution >= 4 is 25.7 Å². The molecule has 130 valence electrons. The highest BCUT2D eigenvalue weighted by Gasteiger charge is 2.42. The van der Waals surface area contributed by atoms with Crippen LogP contribution in [0.15, 0.2) is 21.9 Å². The fourth-order valence-corrected chi connectivity index (χ4v) is 4.58. The van der Waals surface area contributed by atoms with Gasteiger partial charge in [0.1, 0.15) is 4.90 Å². The topological polar surface area (TPSA) is 118 Å². The average molecular weight is 373 g/mol. The normalized spacial score (nSPS) is 23.9. The van der Waals surface area contributed by atoms with Crippen LogP contribution in [0.5, 0.6) is 0 Å². The largest absolute Gasteiger partial charge is 0.417 e. The molecule has 2 rings (SSSR count). The summed E-state index contributed by atoms with van der Waals surface area (Å²) < 4.78 is 88.9. The predicted molar refractivity (Wildman–Crippen MR) is 75.5 cm³/mol. The Morgan fingerprint density at radius 1 is 1.30 bits per heavy atom. The quantitative estimate of drug-likeness (QED) is 0.719. The van der Waals surface area contributed by atoms with Crippen molar-refractivity contribution in [2.75, 3.05) is 5.32 Å². The fourth-order valence-electron chi connectivity index (χ4n) is 2.17. The van der Waals surface area contributed by atoms with Crippen molar-refractivity contribution in [3.8, 4) is 0 Å². The first-order valence-corrected chi connectivity index (χ1v) is 9.33. The van der Waals surface area contributed by atoms with Gasteiger partial charge in [-0.1, -0.05) is 6.92 Å². The zero-order valence-electron chi connectivity index (χ0n) is 12.0. The Balaban J connectivity index is 2.86. The van der Waals surface area contributed by atoms with Crippen LogP contribution in [-0.2, 0) is 26.2 Å². The molecule has 7 nitrogen and oxygen atoms in total. The SMILES string of the molecule is CCC1(C)Nc2cc(C(F)(F)F)c(S(N)(=O)=O)cc2S(=O)(=O)N1. The minimum Gasteiger partial charge on any atom is -0.366 e. The number of nitrogens with one attached hydrogen (secondary N) is 2. The van der Waals surface area contributed by atoms with E-state index in [0.29, 0.717) is 12.1 Å². The lowest BCUT2D eigenvalue weighted by Gasteiger charge is -2.37. The molecule has 1 aromatic carbocycles. The molecule has 0 saturated heterocycles. The lowest BCUT2D eigenvalue weighted by atomic mass is 10.1. The number of halogens is 3. The maximum Gasteiger partial charge on any atom is 0.417 e. The Hall–Kier alpha value is -1.37. The molecule has 1 heterocycles. The van der Waals surface area contributed by atoms with Gasteiger partial charge in [-0.3, -0.25) is 0 Å². The number of hydrogen-bond acceptors (Lipinski definition) is 5. The summed E-state index contributed by atoms with van der Waals surface area (Å²) in [6.45, 7) is 3.08. The number of alkyl halides is 3. The minimum atomic E-state index is -5.02. The molecule has 1 unspecified atom stereocenters. The van der Waals surface area contributed by atoms with Gasteiger partial charge >= 0.3 is 6.18 Å². The van der Waals surface area contributed by atoms with Crippen LogP contribution in [0.2, 0.25) is 0 Å². The van der Waals surface area contributed by atoms with Crippen molar-refractivity contribution in [1.29, 1.82) is 0 Å². The molecule has 23 heavy (non-hydrogen) atoms. The lowest BCUT2D eigenvalue weighted by molar-refractivity contribution is -0.139. The zero-order valence-corrected chi connectivity index (χ0v) is 13.7. The molecule has 1 aromatic rings. The minimum absolute atomic E-state index is 0.240. The molecule has 4 N–H and O–H groups in total. The van der Waals surface area contributed by atoms with Gasteiger partial charge in [0, 0.05) is 0 Å². The highest BCUT2D eigenvalue weighted by atomic mass is 32.2. The van der Waals surface area contributed by atoms with Gasteiger partial charge in [0.25, 0.3) is 0 Å². The van der Waals surface area contributed by atoms with E-state index in [1.165, 1.54) is 6.92 Å². The summed E-state index contributed by atoms with van der Waals surface area (Å²) in [5, 5.41) is 7.44. The number of benzene rings is 1. The predicted octanol–water partition coefficient (Wildman–Crippen LogP) is 1.18. The van der Waals surface area contributed by atoms with E-state index in [4.69, 9.17) is 5.14 Å².